The number of benzene rings is 2. The number of carbonyl (C=O) groups is 1. The molecule has 2 aromatic carbocycles. The Bertz CT molecular complexity index is 986. The van der Waals surface area contributed by atoms with E-state index < -0.39 is 0 Å². The largest absolute Gasteiger partial charge is 0.497 e. The first-order chi connectivity index (χ1) is 13.5. The number of hydrogen-bond acceptors (Lipinski definition) is 3. The number of methoxy groups -OCH3 is 1. The molecule has 0 aliphatic rings. The normalized spacial score (nSPS) is 12.3. The predicted molar refractivity (Wildman–Crippen MR) is 111 cm³/mol. The van der Waals surface area contributed by atoms with E-state index in [1.165, 1.54) is 0 Å². The highest BCUT2D eigenvalue weighted by molar-refractivity contribution is 5.84. The van der Waals surface area contributed by atoms with Crippen molar-refractivity contribution in [2.75, 3.05) is 13.7 Å². The van der Waals surface area contributed by atoms with E-state index in [0.29, 0.717) is 19.5 Å². The van der Waals surface area contributed by atoms with Gasteiger partial charge in [-0.25, -0.2) is 4.79 Å². The van der Waals surface area contributed by atoms with E-state index >= 15 is 0 Å². The standard InChI is InChI=1S/C22H27N3O3/c1-15(2)20(16-9-11-17(28-3)12-10-16)21(26)23-13-6-14-25-19-8-5-4-7-18(19)24-22(25)27/h4-5,7-12,15,20H,6,13-14H2,1-3H3,(H,23,26)(H,24,27). The minimum atomic E-state index is -0.221. The van der Waals surface area contributed by atoms with Crippen LogP contribution in [-0.2, 0) is 11.3 Å². The van der Waals surface area contributed by atoms with Gasteiger partial charge in [-0.1, -0.05) is 38.1 Å². The zero-order valence-corrected chi connectivity index (χ0v) is 16.6. The maximum atomic E-state index is 12.8. The van der Waals surface area contributed by atoms with E-state index in [4.69, 9.17) is 4.74 Å². The van der Waals surface area contributed by atoms with E-state index in [-0.39, 0.29) is 23.4 Å². The fourth-order valence-corrected chi connectivity index (χ4v) is 3.54. The predicted octanol–water partition coefficient (Wildman–Crippen LogP) is 3.28. The number of rotatable bonds is 8. The molecule has 1 aromatic heterocycles. The molecule has 0 radical (unpaired) electrons. The fourth-order valence-electron chi connectivity index (χ4n) is 3.54. The maximum absolute atomic E-state index is 12.8. The van der Waals surface area contributed by atoms with Crippen LogP contribution in [0.3, 0.4) is 0 Å². The number of aromatic nitrogens is 2. The quantitative estimate of drug-likeness (QED) is 0.588. The Labute approximate surface area is 164 Å². The number of aryl methyl sites for hydroxylation is 1. The third-order valence-corrected chi connectivity index (χ3v) is 4.96. The summed E-state index contributed by atoms with van der Waals surface area (Å²) in [5.74, 6) is 0.730. The van der Waals surface area contributed by atoms with Crippen molar-refractivity contribution in [2.45, 2.75) is 32.7 Å². The number of ether oxygens (including phenoxy) is 1. The van der Waals surface area contributed by atoms with E-state index in [9.17, 15) is 9.59 Å². The molecule has 3 aromatic rings. The average molecular weight is 381 g/mol. The van der Waals surface area contributed by atoms with Gasteiger partial charge in [-0.05, 0) is 42.2 Å². The Morgan fingerprint density at radius 1 is 1.14 bits per heavy atom. The van der Waals surface area contributed by atoms with Crippen LogP contribution in [0.1, 0.15) is 31.7 Å². The smallest absolute Gasteiger partial charge is 0.326 e. The summed E-state index contributed by atoms with van der Waals surface area (Å²) in [6.07, 6.45) is 0.681. The van der Waals surface area contributed by atoms with Crippen LogP contribution in [0.2, 0.25) is 0 Å². The summed E-state index contributed by atoms with van der Waals surface area (Å²) >= 11 is 0. The molecule has 0 bridgehead atoms. The summed E-state index contributed by atoms with van der Waals surface area (Å²) in [7, 11) is 1.63. The lowest BCUT2D eigenvalue weighted by atomic mass is 9.87. The van der Waals surface area contributed by atoms with Gasteiger partial charge < -0.3 is 15.0 Å². The number of nitrogens with zero attached hydrogens (tertiary/aromatic N) is 1. The van der Waals surface area contributed by atoms with Crippen LogP contribution in [0.5, 0.6) is 5.75 Å². The lowest BCUT2D eigenvalue weighted by Crippen LogP contribution is -2.33. The van der Waals surface area contributed by atoms with Gasteiger partial charge in [0.25, 0.3) is 0 Å². The molecule has 0 aliphatic carbocycles. The van der Waals surface area contributed by atoms with E-state index in [0.717, 1.165) is 22.3 Å². The van der Waals surface area contributed by atoms with Crippen LogP contribution in [-0.4, -0.2) is 29.1 Å². The lowest BCUT2D eigenvalue weighted by Gasteiger charge is -2.21. The van der Waals surface area contributed by atoms with Gasteiger partial charge in [0.05, 0.1) is 24.1 Å². The molecule has 1 amide bonds. The number of carbonyl (C=O) groups excluding carboxylic acids is 1. The van der Waals surface area contributed by atoms with Gasteiger partial charge in [-0.15, -0.1) is 0 Å². The van der Waals surface area contributed by atoms with Crippen molar-refractivity contribution in [2.24, 2.45) is 5.92 Å². The number of H-pyrrole nitrogens is 1. The van der Waals surface area contributed by atoms with Gasteiger partial charge in [-0.2, -0.15) is 0 Å². The second-order valence-electron chi connectivity index (χ2n) is 7.24. The van der Waals surface area contributed by atoms with Crippen molar-refractivity contribution >= 4 is 16.9 Å². The van der Waals surface area contributed by atoms with Gasteiger partial charge >= 0.3 is 5.69 Å². The van der Waals surface area contributed by atoms with Crippen LogP contribution < -0.4 is 15.7 Å². The lowest BCUT2D eigenvalue weighted by molar-refractivity contribution is -0.123. The highest BCUT2D eigenvalue weighted by Crippen LogP contribution is 2.26. The molecule has 6 nitrogen and oxygen atoms in total. The zero-order chi connectivity index (χ0) is 20.1. The van der Waals surface area contributed by atoms with Gasteiger partial charge in [0, 0.05) is 13.1 Å². The first kappa shape index (κ1) is 19.7. The number of hydrogen-bond donors (Lipinski definition) is 2. The second kappa shape index (κ2) is 8.78. The molecule has 1 unspecified atom stereocenters. The topological polar surface area (TPSA) is 76.1 Å². The first-order valence-corrected chi connectivity index (χ1v) is 9.60. The van der Waals surface area contributed by atoms with Crippen molar-refractivity contribution in [3.63, 3.8) is 0 Å². The van der Waals surface area contributed by atoms with E-state index in [1.54, 1.807) is 11.7 Å². The third kappa shape index (κ3) is 4.27. The summed E-state index contributed by atoms with van der Waals surface area (Å²) in [5, 5.41) is 3.03. The highest BCUT2D eigenvalue weighted by Gasteiger charge is 2.23. The van der Waals surface area contributed by atoms with Crippen LogP contribution in [0.15, 0.2) is 53.3 Å². The molecule has 3 rings (SSSR count). The molecule has 0 saturated heterocycles. The summed E-state index contributed by atoms with van der Waals surface area (Å²) in [6.45, 7) is 5.15. The number of imidazole rings is 1. The molecule has 1 heterocycles. The fraction of sp³-hybridized carbons (Fsp3) is 0.364. The zero-order valence-electron chi connectivity index (χ0n) is 16.6. The third-order valence-electron chi connectivity index (χ3n) is 4.96. The molecule has 148 valence electrons. The van der Waals surface area contributed by atoms with Crippen molar-refractivity contribution in [3.05, 3.63) is 64.6 Å². The van der Waals surface area contributed by atoms with E-state index in [1.807, 2.05) is 62.4 Å². The van der Waals surface area contributed by atoms with Crippen molar-refractivity contribution in [3.8, 4) is 5.75 Å². The molecule has 28 heavy (non-hydrogen) atoms. The Hall–Kier alpha value is -3.02. The molecular formula is C22H27N3O3. The molecule has 6 heteroatoms. The number of nitrogens with one attached hydrogen (secondary N) is 2. The molecule has 0 aliphatic heterocycles. The SMILES string of the molecule is COc1ccc(C(C(=O)NCCCn2c(=O)[nH]c3ccccc32)C(C)C)cc1. The summed E-state index contributed by atoms with van der Waals surface area (Å²) in [4.78, 5) is 27.7. The van der Waals surface area contributed by atoms with Gasteiger partial charge in [0.1, 0.15) is 5.75 Å². The van der Waals surface area contributed by atoms with E-state index in [2.05, 4.69) is 10.3 Å². The minimum absolute atomic E-state index is 0.00596. The average Bonchev–Trinajstić information content (AvgIpc) is 3.01. The Morgan fingerprint density at radius 3 is 2.54 bits per heavy atom. The second-order valence-corrected chi connectivity index (χ2v) is 7.24. The highest BCUT2D eigenvalue weighted by atomic mass is 16.5. The van der Waals surface area contributed by atoms with Crippen LogP contribution in [0, 0.1) is 5.92 Å². The van der Waals surface area contributed by atoms with Gasteiger partial charge in [0.15, 0.2) is 0 Å². The summed E-state index contributed by atoms with van der Waals surface area (Å²) in [5.41, 5.74) is 2.57. The Morgan fingerprint density at radius 2 is 1.86 bits per heavy atom. The maximum Gasteiger partial charge on any atom is 0.326 e. The Kier molecular flexibility index (Phi) is 6.19. The molecule has 1 atom stereocenters. The van der Waals surface area contributed by atoms with Crippen molar-refractivity contribution in [1.29, 1.82) is 0 Å². The number of para-hydroxylation sites is 2. The molecular weight excluding hydrogens is 354 g/mol. The van der Waals surface area contributed by atoms with Crippen molar-refractivity contribution in [1.82, 2.24) is 14.9 Å². The number of aromatic amines is 1. The summed E-state index contributed by atoms with van der Waals surface area (Å²) < 4.78 is 6.91. The minimum Gasteiger partial charge on any atom is -0.497 e. The van der Waals surface area contributed by atoms with Gasteiger partial charge in [-0.3, -0.25) is 9.36 Å². The van der Waals surface area contributed by atoms with Crippen LogP contribution in [0.25, 0.3) is 11.0 Å². The summed E-state index contributed by atoms with van der Waals surface area (Å²) in [6, 6.07) is 15.2. The van der Waals surface area contributed by atoms with Gasteiger partial charge in [0.2, 0.25) is 5.91 Å². The molecule has 0 spiro atoms. The monoisotopic (exact) mass is 381 g/mol. The number of fused-ring (bicyclic) bond motifs is 1. The van der Waals surface area contributed by atoms with Crippen LogP contribution in [0.4, 0.5) is 0 Å². The molecule has 0 saturated carbocycles. The molecule has 2 N–H and O–H groups in total. The van der Waals surface area contributed by atoms with Crippen molar-refractivity contribution < 1.29 is 9.53 Å². The first-order valence-electron chi connectivity index (χ1n) is 9.60. The molecule has 0 fully saturated rings. The Balaban J connectivity index is 1.60. The number of amides is 1. The van der Waals surface area contributed by atoms with Crippen LogP contribution >= 0.6 is 0 Å².